The highest BCUT2D eigenvalue weighted by Gasteiger charge is 2.44. The molecule has 0 unspecified atom stereocenters. The standard InChI is InChI=1S/C39H46FO3P/c40-38-32-33(41)28-29-37(38)39(42)43-30-20-9-7-5-3-1-2-4-6-8-10-21-31-44(34-22-14-11-15-23-34,35-24-16-12-17-25-35)36-26-18-13-19-27-36/h11-19,22-29,32H,1-10,20-21,30-31H2/p+1. The molecule has 3 nitrogen and oxygen atoms in total. The van der Waals surface area contributed by atoms with E-state index in [9.17, 15) is 14.3 Å². The van der Waals surface area contributed by atoms with E-state index >= 15 is 0 Å². The molecule has 0 aliphatic heterocycles. The van der Waals surface area contributed by atoms with Gasteiger partial charge in [-0.3, -0.25) is 0 Å². The van der Waals surface area contributed by atoms with Crippen molar-refractivity contribution in [3.8, 4) is 5.75 Å². The average molecular weight is 614 g/mol. The molecule has 44 heavy (non-hydrogen) atoms. The van der Waals surface area contributed by atoms with Crippen LogP contribution in [-0.2, 0) is 4.74 Å². The molecule has 0 aromatic heterocycles. The summed E-state index contributed by atoms with van der Waals surface area (Å²) in [6.07, 6.45) is 15.6. The monoisotopic (exact) mass is 613 g/mol. The maximum Gasteiger partial charge on any atom is 0.341 e. The maximum atomic E-state index is 13.7. The number of phenols is 1. The Morgan fingerprint density at radius 2 is 0.977 bits per heavy atom. The van der Waals surface area contributed by atoms with Gasteiger partial charge in [-0.05, 0) is 67.8 Å². The smallest absolute Gasteiger partial charge is 0.341 e. The first-order chi connectivity index (χ1) is 21.6. The van der Waals surface area contributed by atoms with Crippen LogP contribution in [-0.4, -0.2) is 23.8 Å². The van der Waals surface area contributed by atoms with Gasteiger partial charge in [0.2, 0.25) is 0 Å². The van der Waals surface area contributed by atoms with Crippen molar-refractivity contribution >= 4 is 29.1 Å². The van der Waals surface area contributed by atoms with Crippen molar-refractivity contribution in [1.29, 1.82) is 0 Å². The normalized spacial score (nSPS) is 11.4. The van der Waals surface area contributed by atoms with Gasteiger partial charge in [0.1, 0.15) is 34.7 Å². The van der Waals surface area contributed by atoms with Crippen molar-refractivity contribution in [2.75, 3.05) is 12.8 Å². The number of hydrogen-bond acceptors (Lipinski definition) is 3. The molecule has 0 spiro atoms. The number of carbonyl (C=O) groups excluding carboxylic acids is 1. The lowest BCUT2D eigenvalue weighted by Crippen LogP contribution is -2.33. The number of rotatable bonds is 19. The number of esters is 1. The third-order valence-corrected chi connectivity index (χ3v) is 12.9. The van der Waals surface area contributed by atoms with Crippen LogP contribution in [0.15, 0.2) is 109 Å². The van der Waals surface area contributed by atoms with Crippen molar-refractivity contribution in [2.24, 2.45) is 0 Å². The minimum atomic E-state index is -1.71. The van der Waals surface area contributed by atoms with Gasteiger partial charge in [-0.15, -0.1) is 0 Å². The number of phenolic OH excluding ortho intramolecular Hbond substituents is 1. The molecule has 0 heterocycles. The summed E-state index contributed by atoms with van der Waals surface area (Å²) in [5.41, 5.74) is -0.135. The Balaban J connectivity index is 1.09. The largest absolute Gasteiger partial charge is 0.508 e. The SMILES string of the molecule is O=C(OCCCCCCCCCCCCCC[P+](c1ccccc1)(c1ccccc1)c1ccccc1)c1ccc(O)cc1F. The van der Waals surface area contributed by atoms with Gasteiger partial charge in [-0.1, -0.05) is 112 Å². The topological polar surface area (TPSA) is 46.5 Å². The highest BCUT2D eigenvalue weighted by molar-refractivity contribution is 7.95. The summed E-state index contributed by atoms with van der Waals surface area (Å²) in [7, 11) is -1.71. The van der Waals surface area contributed by atoms with Gasteiger partial charge in [0.15, 0.2) is 0 Å². The number of carbonyl (C=O) groups is 1. The van der Waals surface area contributed by atoms with Crippen molar-refractivity contribution in [3.63, 3.8) is 0 Å². The summed E-state index contributed by atoms with van der Waals surface area (Å²) in [4.78, 5) is 12.0. The van der Waals surface area contributed by atoms with Crippen LogP contribution in [0, 0.1) is 5.82 Å². The zero-order chi connectivity index (χ0) is 30.9. The molecule has 0 saturated heterocycles. The Morgan fingerprint density at radius 3 is 1.41 bits per heavy atom. The Kier molecular flexibility index (Phi) is 13.9. The summed E-state index contributed by atoms with van der Waals surface area (Å²) >= 11 is 0. The van der Waals surface area contributed by atoms with Gasteiger partial charge in [-0.2, -0.15) is 0 Å². The van der Waals surface area contributed by atoms with E-state index in [4.69, 9.17) is 4.74 Å². The first-order valence-corrected chi connectivity index (χ1v) is 18.3. The molecule has 0 aliphatic rings. The van der Waals surface area contributed by atoms with Crippen LogP contribution < -0.4 is 15.9 Å². The molecule has 0 saturated carbocycles. The molecule has 4 aromatic rings. The van der Waals surface area contributed by atoms with E-state index in [0.717, 1.165) is 25.3 Å². The molecule has 5 heteroatoms. The van der Waals surface area contributed by atoms with Crippen LogP contribution in [0.1, 0.15) is 87.4 Å². The quantitative estimate of drug-likeness (QED) is 0.0651. The van der Waals surface area contributed by atoms with Crippen molar-refractivity contribution < 1.29 is 19.0 Å². The van der Waals surface area contributed by atoms with E-state index in [1.165, 1.54) is 92.0 Å². The molecule has 4 aromatic carbocycles. The second-order valence-electron chi connectivity index (χ2n) is 11.6. The molecule has 0 fully saturated rings. The zero-order valence-corrected chi connectivity index (χ0v) is 26.8. The molecule has 0 aliphatic carbocycles. The van der Waals surface area contributed by atoms with E-state index in [0.29, 0.717) is 6.61 Å². The van der Waals surface area contributed by atoms with Gasteiger partial charge >= 0.3 is 5.97 Å². The third-order valence-electron chi connectivity index (χ3n) is 8.38. The fourth-order valence-electron chi connectivity index (χ4n) is 6.01. The molecule has 0 amide bonds. The molecule has 0 bridgehead atoms. The number of hydrogen-bond donors (Lipinski definition) is 1. The highest BCUT2D eigenvalue weighted by Crippen LogP contribution is 2.56. The Hall–Kier alpha value is -3.49. The van der Waals surface area contributed by atoms with Crippen LogP contribution in [0.4, 0.5) is 4.39 Å². The van der Waals surface area contributed by atoms with Crippen LogP contribution in [0.25, 0.3) is 0 Å². The van der Waals surface area contributed by atoms with Crippen LogP contribution in [0.3, 0.4) is 0 Å². The van der Waals surface area contributed by atoms with E-state index in [1.807, 2.05) is 0 Å². The van der Waals surface area contributed by atoms with Gasteiger partial charge < -0.3 is 9.84 Å². The van der Waals surface area contributed by atoms with E-state index in [2.05, 4.69) is 91.0 Å². The van der Waals surface area contributed by atoms with Crippen LogP contribution in [0.5, 0.6) is 5.75 Å². The van der Waals surface area contributed by atoms with E-state index < -0.39 is 19.0 Å². The first-order valence-electron chi connectivity index (χ1n) is 16.3. The van der Waals surface area contributed by atoms with Gasteiger partial charge in [0.05, 0.1) is 18.3 Å². The van der Waals surface area contributed by atoms with Gasteiger partial charge in [0.25, 0.3) is 0 Å². The molecule has 0 atom stereocenters. The molecule has 0 radical (unpaired) electrons. The minimum Gasteiger partial charge on any atom is -0.508 e. The Morgan fingerprint density at radius 1 is 0.568 bits per heavy atom. The predicted octanol–water partition coefficient (Wildman–Crippen LogP) is 9.36. The van der Waals surface area contributed by atoms with Gasteiger partial charge in [-0.25, -0.2) is 9.18 Å². The first kappa shape index (κ1) is 33.4. The second kappa shape index (κ2) is 18.3. The van der Waals surface area contributed by atoms with Crippen LogP contribution in [0.2, 0.25) is 0 Å². The van der Waals surface area contributed by atoms with Crippen LogP contribution >= 0.6 is 7.26 Å². The lowest BCUT2D eigenvalue weighted by Gasteiger charge is -2.27. The van der Waals surface area contributed by atoms with Crippen molar-refractivity contribution in [3.05, 3.63) is 121 Å². The predicted molar refractivity (Wildman–Crippen MR) is 184 cm³/mol. The lowest BCUT2D eigenvalue weighted by molar-refractivity contribution is 0.0492. The van der Waals surface area contributed by atoms with E-state index in [1.54, 1.807) is 0 Å². The van der Waals surface area contributed by atoms with E-state index in [-0.39, 0.29) is 11.3 Å². The minimum absolute atomic E-state index is 0.135. The average Bonchev–Trinajstić information content (AvgIpc) is 3.06. The second-order valence-corrected chi connectivity index (χ2v) is 15.2. The maximum absolute atomic E-state index is 13.7. The summed E-state index contributed by atoms with van der Waals surface area (Å²) in [6, 6.07) is 37.0. The molecule has 232 valence electrons. The molecule has 1 N–H and O–H groups in total. The molecular weight excluding hydrogens is 566 g/mol. The summed E-state index contributed by atoms with van der Waals surface area (Å²) in [5.74, 6) is -1.64. The molecular formula is C39H47FO3P+. The number of ether oxygens (including phenoxy) is 1. The van der Waals surface area contributed by atoms with Crippen molar-refractivity contribution in [1.82, 2.24) is 0 Å². The Labute approximate surface area is 263 Å². The molecule has 4 rings (SSSR count). The number of benzene rings is 4. The Bertz CT molecular complexity index is 1280. The lowest BCUT2D eigenvalue weighted by atomic mass is 10.1. The fraction of sp³-hybridized carbons (Fsp3) is 0.359. The number of unbranched alkanes of at least 4 members (excludes halogenated alkanes) is 11. The third kappa shape index (κ3) is 9.76. The van der Waals surface area contributed by atoms with Gasteiger partial charge in [0, 0.05) is 6.07 Å². The summed E-state index contributed by atoms with van der Waals surface area (Å²) < 4.78 is 18.9. The number of halogens is 1. The zero-order valence-electron chi connectivity index (χ0n) is 25.9. The number of aromatic hydroxyl groups is 1. The highest BCUT2D eigenvalue weighted by atomic mass is 31.2. The fourth-order valence-corrected chi connectivity index (χ4v) is 10.4. The summed E-state index contributed by atoms with van der Waals surface area (Å²) in [5, 5.41) is 13.7. The summed E-state index contributed by atoms with van der Waals surface area (Å²) in [6.45, 7) is 0.296. The van der Waals surface area contributed by atoms with Crippen molar-refractivity contribution in [2.45, 2.75) is 77.0 Å².